The van der Waals surface area contributed by atoms with Crippen LogP contribution in [0.4, 0.5) is 30.4 Å². The molecule has 3 rings (SSSR count). The van der Waals surface area contributed by atoms with E-state index in [1.165, 1.54) is 24.3 Å². The Labute approximate surface area is 157 Å². The van der Waals surface area contributed by atoms with Crippen LogP contribution in [0, 0.1) is 0 Å². The minimum Gasteiger partial charge on any atom is -0.340 e. The summed E-state index contributed by atoms with van der Waals surface area (Å²) in [5.74, 6) is -0.477. The number of hydrogen-bond acceptors (Lipinski definition) is 4. The van der Waals surface area contributed by atoms with E-state index in [4.69, 9.17) is 11.6 Å². The monoisotopic (exact) mass is 392 g/mol. The molecule has 2 N–H and O–H groups in total. The molecule has 1 amide bonds. The topological polar surface area (TPSA) is 66.9 Å². The van der Waals surface area contributed by atoms with E-state index in [-0.39, 0.29) is 17.2 Å². The zero-order chi connectivity index (χ0) is 19.4. The van der Waals surface area contributed by atoms with Crippen LogP contribution in [0.25, 0.3) is 0 Å². The highest BCUT2D eigenvalue weighted by atomic mass is 35.5. The number of nitrogens with one attached hydrogen (secondary N) is 2. The van der Waals surface area contributed by atoms with Gasteiger partial charge in [-0.1, -0.05) is 23.7 Å². The molecule has 0 fully saturated rings. The third-order valence-electron chi connectivity index (χ3n) is 3.50. The van der Waals surface area contributed by atoms with E-state index in [1.54, 1.807) is 24.3 Å². The first-order valence-electron chi connectivity index (χ1n) is 7.65. The molecule has 138 valence electrons. The second kappa shape index (κ2) is 7.63. The van der Waals surface area contributed by atoms with E-state index in [9.17, 15) is 18.0 Å². The number of benzene rings is 2. The van der Waals surface area contributed by atoms with Gasteiger partial charge in [-0.15, -0.1) is 0 Å². The Morgan fingerprint density at radius 1 is 1.00 bits per heavy atom. The number of hydrogen-bond donors (Lipinski definition) is 2. The lowest BCUT2D eigenvalue weighted by atomic mass is 10.1. The zero-order valence-electron chi connectivity index (χ0n) is 13.6. The molecular formula is C18H12ClF3N4O. The summed E-state index contributed by atoms with van der Waals surface area (Å²) in [6.07, 6.45) is -3.43. The first-order valence-corrected chi connectivity index (χ1v) is 8.03. The van der Waals surface area contributed by atoms with Gasteiger partial charge in [0.15, 0.2) is 0 Å². The fourth-order valence-corrected chi connectivity index (χ4v) is 2.38. The standard InChI is InChI=1S/C18H12ClF3N4O/c19-11-5-7-12(8-6-11)25-17(27)15-9-16(24-10-23-15)26-14-4-2-1-3-13(14)18(20,21)22/h1-10H,(H,25,27)(H,23,24,26). The molecule has 0 saturated heterocycles. The van der Waals surface area contributed by atoms with Crippen molar-refractivity contribution in [1.82, 2.24) is 9.97 Å². The van der Waals surface area contributed by atoms with Gasteiger partial charge in [0, 0.05) is 16.8 Å². The minimum atomic E-state index is -4.52. The van der Waals surface area contributed by atoms with Crippen LogP contribution in [0.5, 0.6) is 0 Å². The Kier molecular flexibility index (Phi) is 5.27. The van der Waals surface area contributed by atoms with Gasteiger partial charge in [0.25, 0.3) is 5.91 Å². The zero-order valence-corrected chi connectivity index (χ0v) is 14.3. The van der Waals surface area contributed by atoms with Crippen molar-refractivity contribution >= 4 is 34.7 Å². The molecular weight excluding hydrogens is 381 g/mol. The first kappa shape index (κ1) is 18.7. The third kappa shape index (κ3) is 4.73. The van der Waals surface area contributed by atoms with Gasteiger partial charge >= 0.3 is 6.18 Å². The number of anilines is 3. The second-order valence-electron chi connectivity index (χ2n) is 5.42. The van der Waals surface area contributed by atoms with Crippen LogP contribution in [0.15, 0.2) is 60.9 Å². The molecule has 0 bridgehead atoms. The maximum absolute atomic E-state index is 13.1. The molecule has 27 heavy (non-hydrogen) atoms. The van der Waals surface area contributed by atoms with Crippen molar-refractivity contribution in [3.05, 3.63) is 77.2 Å². The fraction of sp³-hybridized carbons (Fsp3) is 0.0556. The Morgan fingerprint density at radius 2 is 1.70 bits per heavy atom. The molecule has 9 heteroatoms. The predicted molar refractivity (Wildman–Crippen MR) is 96.2 cm³/mol. The number of carbonyl (C=O) groups excluding carboxylic acids is 1. The highest BCUT2D eigenvalue weighted by molar-refractivity contribution is 6.30. The van der Waals surface area contributed by atoms with Gasteiger partial charge in [0.2, 0.25) is 0 Å². The number of carbonyl (C=O) groups is 1. The van der Waals surface area contributed by atoms with E-state index in [1.807, 2.05) is 0 Å². The maximum Gasteiger partial charge on any atom is 0.418 e. The summed E-state index contributed by atoms with van der Waals surface area (Å²) in [5.41, 5.74) is -0.518. The molecule has 0 spiro atoms. The van der Waals surface area contributed by atoms with Gasteiger partial charge in [0.1, 0.15) is 17.8 Å². The molecule has 5 nitrogen and oxygen atoms in total. The molecule has 0 atom stereocenters. The molecule has 3 aromatic rings. The third-order valence-corrected chi connectivity index (χ3v) is 3.75. The molecule has 2 aromatic carbocycles. The molecule has 0 aliphatic rings. The predicted octanol–water partition coefficient (Wildman–Crippen LogP) is 5.14. The summed E-state index contributed by atoms with van der Waals surface area (Å²) in [5, 5.41) is 5.71. The number of amides is 1. The average molecular weight is 393 g/mol. The molecule has 0 aliphatic carbocycles. The lowest BCUT2D eigenvalue weighted by molar-refractivity contribution is -0.136. The molecule has 0 aliphatic heterocycles. The number of halogens is 4. The van der Waals surface area contributed by atoms with Crippen molar-refractivity contribution in [3.8, 4) is 0 Å². The molecule has 0 radical (unpaired) electrons. The van der Waals surface area contributed by atoms with Crippen LogP contribution < -0.4 is 10.6 Å². The lowest BCUT2D eigenvalue weighted by Crippen LogP contribution is -2.14. The Morgan fingerprint density at radius 3 is 2.41 bits per heavy atom. The van der Waals surface area contributed by atoms with E-state index < -0.39 is 17.6 Å². The number of rotatable bonds is 4. The molecule has 0 saturated carbocycles. The number of aromatic nitrogens is 2. The highest BCUT2D eigenvalue weighted by Gasteiger charge is 2.33. The number of alkyl halides is 3. The van der Waals surface area contributed by atoms with Crippen molar-refractivity contribution in [3.63, 3.8) is 0 Å². The second-order valence-corrected chi connectivity index (χ2v) is 5.85. The van der Waals surface area contributed by atoms with E-state index >= 15 is 0 Å². The number of nitrogens with zero attached hydrogens (tertiary/aromatic N) is 2. The highest BCUT2D eigenvalue weighted by Crippen LogP contribution is 2.35. The van der Waals surface area contributed by atoms with E-state index in [0.717, 1.165) is 12.4 Å². The van der Waals surface area contributed by atoms with Crippen LogP contribution in [-0.2, 0) is 6.18 Å². The molecule has 1 heterocycles. The summed E-state index contributed by atoms with van der Waals surface area (Å²) in [4.78, 5) is 20.0. The van der Waals surface area contributed by atoms with Crippen molar-refractivity contribution < 1.29 is 18.0 Å². The van der Waals surface area contributed by atoms with Crippen molar-refractivity contribution in [2.75, 3.05) is 10.6 Å². The van der Waals surface area contributed by atoms with Gasteiger partial charge in [0.05, 0.1) is 11.3 Å². The minimum absolute atomic E-state index is 0.00746. The van der Waals surface area contributed by atoms with Gasteiger partial charge < -0.3 is 10.6 Å². The quantitative estimate of drug-likeness (QED) is 0.644. The summed E-state index contributed by atoms with van der Waals surface area (Å²) in [6, 6.07) is 12.7. The van der Waals surface area contributed by atoms with Crippen LogP contribution >= 0.6 is 11.6 Å². The van der Waals surface area contributed by atoms with Crippen molar-refractivity contribution in [2.24, 2.45) is 0 Å². The Hall–Kier alpha value is -3.13. The SMILES string of the molecule is O=C(Nc1ccc(Cl)cc1)c1cc(Nc2ccccc2C(F)(F)F)ncn1. The van der Waals surface area contributed by atoms with Crippen LogP contribution in [-0.4, -0.2) is 15.9 Å². The summed E-state index contributed by atoms with van der Waals surface area (Å²) in [6.45, 7) is 0. The summed E-state index contributed by atoms with van der Waals surface area (Å²) >= 11 is 5.79. The van der Waals surface area contributed by atoms with Crippen molar-refractivity contribution in [1.29, 1.82) is 0 Å². The Bertz CT molecular complexity index is 961. The normalized spacial score (nSPS) is 11.1. The first-order chi connectivity index (χ1) is 12.8. The average Bonchev–Trinajstić information content (AvgIpc) is 2.63. The molecule has 0 unspecified atom stereocenters. The number of para-hydroxylation sites is 1. The largest absolute Gasteiger partial charge is 0.418 e. The van der Waals surface area contributed by atoms with E-state index in [0.29, 0.717) is 10.7 Å². The van der Waals surface area contributed by atoms with Crippen LogP contribution in [0.1, 0.15) is 16.1 Å². The van der Waals surface area contributed by atoms with Crippen LogP contribution in [0.2, 0.25) is 5.02 Å². The van der Waals surface area contributed by atoms with Gasteiger partial charge in [-0.05, 0) is 36.4 Å². The maximum atomic E-state index is 13.1. The van der Waals surface area contributed by atoms with Crippen LogP contribution in [0.3, 0.4) is 0 Å². The lowest BCUT2D eigenvalue weighted by Gasteiger charge is -2.14. The summed E-state index contributed by atoms with van der Waals surface area (Å²) in [7, 11) is 0. The van der Waals surface area contributed by atoms with Gasteiger partial charge in [-0.25, -0.2) is 9.97 Å². The summed E-state index contributed by atoms with van der Waals surface area (Å²) < 4.78 is 39.2. The smallest absolute Gasteiger partial charge is 0.340 e. The Balaban J connectivity index is 1.80. The van der Waals surface area contributed by atoms with Crippen molar-refractivity contribution in [2.45, 2.75) is 6.18 Å². The molecule has 1 aromatic heterocycles. The van der Waals surface area contributed by atoms with Gasteiger partial charge in [-0.2, -0.15) is 13.2 Å². The van der Waals surface area contributed by atoms with E-state index in [2.05, 4.69) is 20.6 Å². The van der Waals surface area contributed by atoms with Gasteiger partial charge in [-0.3, -0.25) is 4.79 Å². The fourth-order valence-electron chi connectivity index (χ4n) is 2.26.